The fourth-order valence-electron chi connectivity index (χ4n) is 2.37. The molecule has 3 rings (SSSR count). The van der Waals surface area contributed by atoms with Crippen molar-refractivity contribution in [2.75, 3.05) is 5.32 Å². The zero-order valence-electron chi connectivity index (χ0n) is 15.6. The molecule has 1 amide bonds. The number of rotatable bonds is 5. The van der Waals surface area contributed by atoms with E-state index in [4.69, 9.17) is 4.74 Å². The number of hydrogen-bond donors (Lipinski definition) is 1. The molecule has 0 spiro atoms. The number of ether oxygens (including phenoxy) is 2. The summed E-state index contributed by atoms with van der Waals surface area (Å²) in [6.45, 7) is 0. The van der Waals surface area contributed by atoms with Gasteiger partial charge in [-0.2, -0.15) is 17.9 Å². The predicted molar refractivity (Wildman–Crippen MR) is 95.8 cm³/mol. The van der Waals surface area contributed by atoms with E-state index >= 15 is 0 Å². The third-order valence-electron chi connectivity index (χ3n) is 3.75. The molecular formula is C19H11F6N3O4. The van der Waals surface area contributed by atoms with Gasteiger partial charge in [-0.3, -0.25) is 4.79 Å². The minimum atomic E-state index is -4.91. The van der Waals surface area contributed by atoms with Crippen molar-refractivity contribution in [1.29, 1.82) is 0 Å². The largest absolute Gasteiger partial charge is 0.619 e. The number of anilines is 1. The third-order valence-corrected chi connectivity index (χ3v) is 3.75. The molecule has 168 valence electrons. The van der Waals surface area contributed by atoms with Gasteiger partial charge in [0.1, 0.15) is 17.1 Å². The summed E-state index contributed by atoms with van der Waals surface area (Å²) < 4.78 is 85.5. The maximum Gasteiger partial charge on any atom is 0.573 e. The van der Waals surface area contributed by atoms with E-state index in [-0.39, 0.29) is 11.4 Å². The Morgan fingerprint density at radius 3 is 2.12 bits per heavy atom. The Bertz CT molecular complexity index is 1100. The lowest BCUT2D eigenvalue weighted by Crippen LogP contribution is -2.24. The van der Waals surface area contributed by atoms with Crippen molar-refractivity contribution in [3.8, 4) is 17.4 Å². The number of nitrogens with zero attached hydrogens (tertiary/aromatic N) is 2. The molecule has 1 N–H and O–H groups in total. The number of alkyl halides is 6. The normalized spacial score (nSPS) is 11.7. The lowest BCUT2D eigenvalue weighted by Gasteiger charge is -2.14. The van der Waals surface area contributed by atoms with E-state index < -0.39 is 41.2 Å². The smallest absolute Gasteiger partial charge is 0.573 e. The highest BCUT2D eigenvalue weighted by Gasteiger charge is 2.33. The van der Waals surface area contributed by atoms with Gasteiger partial charge in [-0.25, -0.2) is 4.98 Å². The summed E-state index contributed by atoms with van der Waals surface area (Å²) in [4.78, 5) is 16.1. The monoisotopic (exact) mass is 459 g/mol. The van der Waals surface area contributed by atoms with Gasteiger partial charge in [0, 0.05) is 18.3 Å². The highest BCUT2D eigenvalue weighted by molar-refractivity contribution is 6.06. The van der Waals surface area contributed by atoms with Crippen molar-refractivity contribution in [1.82, 2.24) is 4.98 Å². The molecule has 0 fully saturated rings. The molecule has 0 aliphatic rings. The summed E-state index contributed by atoms with van der Waals surface area (Å²) >= 11 is 0. The van der Waals surface area contributed by atoms with Crippen LogP contribution in [0.15, 0.2) is 61.1 Å². The zero-order chi connectivity index (χ0) is 23.5. The van der Waals surface area contributed by atoms with Gasteiger partial charge in [-0.1, -0.05) is 0 Å². The second kappa shape index (κ2) is 8.61. The average Bonchev–Trinajstić information content (AvgIpc) is 2.69. The van der Waals surface area contributed by atoms with Gasteiger partial charge >= 0.3 is 12.5 Å². The minimum Gasteiger partial charge on any atom is -0.619 e. The lowest BCUT2D eigenvalue weighted by molar-refractivity contribution is -0.605. The van der Waals surface area contributed by atoms with Crippen LogP contribution in [0.3, 0.4) is 0 Å². The Kier molecular flexibility index (Phi) is 6.09. The first-order valence-corrected chi connectivity index (χ1v) is 8.52. The summed E-state index contributed by atoms with van der Waals surface area (Å²) in [7, 11) is 0. The first kappa shape index (κ1) is 22.7. The van der Waals surface area contributed by atoms with Crippen LogP contribution in [0.2, 0.25) is 0 Å². The van der Waals surface area contributed by atoms with Crippen LogP contribution in [0.25, 0.3) is 0 Å². The van der Waals surface area contributed by atoms with Crippen LogP contribution in [0.5, 0.6) is 17.4 Å². The highest BCUT2D eigenvalue weighted by Crippen LogP contribution is 2.33. The maximum absolute atomic E-state index is 13.1. The topological polar surface area (TPSA) is 87.4 Å². The van der Waals surface area contributed by atoms with E-state index in [9.17, 15) is 36.3 Å². The second-order valence-corrected chi connectivity index (χ2v) is 6.10. The first-order valence-electron chi connectivity index (χ1n) is 8.52. The fourth-order valence-corrected chi connectivity index (χ4v) is 2.37. The fraction of sp³-hybridized carbons (Fsp3) is 0.105. The van der Waals surface area contributed by atoms with Crippen LogP contribution in [0, 0.1) is 5.21 Å². The number of hydrogen-bond acceptors (Lipinski definition) is 5. The molecule has 0 atom stereocenters. The van der Waals surface area contributed by atoms with Crippen LogP contribution in [-0.4, -0.2) is 17.3 Å². The number of aromatic nitrogens is 2. The molecule has 0 radical (unpaired) electrons. The SMILES string of the molecule is O=C(Nc1cc[n+]([O-])cc1)c1cc(C(F)(F)F)cnc1Oc1ccc(OC(F)(F)F)cc1. The molecule has 0 aliphatic heterocycles. The number of pyridine rings is 2. The Morgan fingerprint density at radius 1 is 0.969 bits per heavy atom. The molecule has 0 unspecified atom stereocenters. The Morgan fingerprint density at radius 2 is 1.56 bits per heavy atom. The molecule has 1 aromatic carbocycles. The molecule has 0 saturated carbocycles. The number of halogens is 6. The molecule has 32 heavy (non-hydrogen) atoms. The first-order chi connectivity index (χ1) is 14.9. The van der Waals surface area contributed by atoms with Crippen LogP contribution in [0.4, 0.5) is 32.0 Å². The number of carbonyl (C=O) groups excluding carboxylic acids is 1. The van der Waals surface area contributed by atoms with E-state index in [0.717, 1.165) is 36.7 Å². The summed E-state index contributed by atoms with van der Waals surface area (Å²) in [6.07, 6.45) is -7.16. The van der Waals surface area contributed by atoms with E-state index in [0.29, 0.717) is 17.0 Å². The van der Waals surface area contributed by atoms with Gasteiger partial charge in [0.15, 0.2) is 12.4 Å². The number of nitrogens with one attached hydrogen (secondary N) is 1. The Labute approximate surface area is 175 Å². The summed E-state index contributed by atoms with van der Waals surface area (Å²) in [5.74, 6) is -2.23. The van der Waals surface area contributed by atoms with Gasteiger partial charge in [0.2, 0.25) is 5.88 Å². The van der Waals surface area contributed by atoms with Crippen LogP contribution < -0.4 is 19.5 Å². The van der Waals surface area contributed by atoms with Gasteiger partial charge in [-0.15, -0.1) is 13.2 Å². The molecule has 0 bridgehead atoms. The molecule has 3 aromatic rings. The third kappa shape index (κ3) is 6.00. The van der Waals surface area contributed by atoms with Crippen molar-refractivity contribution < 1.29 is 45.3 Å². The number of amides is 1. The lowest BCUT2D eigenvalue weighted by atomic mass is 10.1. The second-order valence-electron chi connectivity index (χ2n) is 6.10. The Hall–Kier alpha value is -4.03. The van der Waals surface area contributed by atoms with Crippen LogP contribution in [0.1, 0.15) is 15.9 Å². The van der Waals surface area contributed by atoms with Crippen molar-refractivity contribution in [3.05, 3.63) is 77.4 Å². The number of benzene rings is 1. The quantitative estimate of drug-likeness (QED) is 0.340. The van der Waals surface area contributed by atoms with Gasteiger partial charge in [0.05, 0.1) is 11.3 Å². The van der Waals surface area contributed by atoms with Gasteiger partial charge < -0.3 is 20.0 Å². The van der Waals surface area contributed by atoms with E-state index in [1.807, 2.05) is 0 Å². The van der Waals surface area contributed by atoms with Crippen molar-refractivity contribution >= 4 is 11.6 Å². The summed E-state index contributed by atoms with van der Waals surface area (Å²) in [6, 6.07) is 6.86. The van der Waals surface area contributed by atoms with Crippen LogP contribution >= 0.6 is 0 Å². The molecule has 2 heterocycles. The van der Waals surface area contributed by atoms with Crippen molar-refractivity contribution in [3.63, 3.8) is 0 Å². The van der Waals surface area contributed by atoms with Crippen molar-refractivity contribution in [2.45, 2.75) is 12.5 Å². The molecule has 7 nitrogen and oxygen atoms in total. The zero-order valence-corrected chi connectivity index (χ0v) is 15.6. The Balaban J connectivity index is 1.89. The molecule has 2 aromatic heterocycles. The van der Waals surface area contributed by atoms with Gasteiger partial charge in [0.25, 0.3) is 5.91 Å². The van der Waals surface area contributed by atoms with E-state index in [1.54, 1.807) is 0 Å². The summed E-state index contributed by atoms with van der Waals surface area (Å²) in [5, 5.41) is 13.4. The molecule has 0 saturated heterocycles. The van der Waals surface area contributed by atoms with Crippen molar-refractivity contribution in [2.24, 2.45) is 0 Å². The van der Waals surface area contributed by atoms with E-state index in [1.165, 1.54) is 12.1 Å². The standard InChI is InChI=1S/C19H11F6N3O4/c20-18(21,22)11-9-15(16(29)27-12-5-7-28(30)8-6-12)17(26-10-11)31-13-1-3-14(4-2-13)32-19(23,24)25/h1-10H,(H,27,29). The maximum atomic E-state index is 13.1. The molecular weight excluding hydrogens is 448 g/mol. The van der Waals surface area contributed by atoms with E-state index in [2.05, 4.69) is 15.0 Å². The molecule has 0 aliphatic carbocycles. The molecule has 13 heteroatoms. The average molecular weight is 459 g/mol. The summed E-state index contributed by atoms with van der Waals surface area (Å²) in [5.41, 5.74) is -1.72. The minimum absolute atomic E-state index is 0.110. The number of carbonyl (C=O) groups is 1. The van der Waals surface area contributed by atoms with Gasteiger partial charge in [-0.05, 0) is 30.3 Å². The predicted octanol–water partition coefficient (Wildman–Crippen LogP) is 4.68. The van der Waals surface area contributed by atoms with Crippen LogP contribution in [-0.2, 0) is 6.18 Å². The highest BCUT2D eigenvalue weighted by atomic mass is 19.4.